The third kappa shape index (κ3) is 3.85. The van der Waals surface area contributed by atoms with Crippen LogP contribution < -0.4 is 0 Å². The number of fused-ring (bicyclic) bond motifs is 50. The molecule has 0 nitrogen and oxygen atoms in total. The van der Waals surface area contributed by atoms with Crippen LogP contribution in [0.3, 0.4) is 0 Å². The van der Waals surface area contributed by atoms with E-state index in [0.717, 1.165) is 47.3 Å². The van der Waals surface area contributed by atoms with Crippen LogP contribution in [0.4, 0.5) is 0 Å². The molecule has 56 heavy (non-hydrogen) atoms. The first-order chi connectivity index (χ1) is 27.8. The Hall–Kier alpha value is -0.520. The summed E-state index contributed by atoms with van der Waals surface area (Å²) in [5, 5.41) is 0. The van der Waals surface area contributed by atoms with Crippen LogP contribution in [0.2, 0.25) is 0 Å². The zero-order chi connectivity index (χ0) is 37.2. The standard InChI is InChI=1S/2C25H32.3C2H6/c2*1-2-11-5-10(1)14-7-15-16-8-19(23(15)20(11)14)25-18-9-17(24(16)25)21-12-3-4-13(6-12)22(18)21;3*1-2/h2*1-2,10-25H,3-9H2;3*1-2H3. The molecular formula is C56H82. The zero-order valence-corrected chi connectivity index (χ0v) is 36.7. The molecule has 306 valence electrons. The molecule has 18 rings (SSSR count). The summed E-state index contributed by atoms with van der Waals surface area (Å²) < 4.78 is 0. The summed E-state index contributed by atoms with van der Waals surface area (Å²) >= 11 is 0. The molecule has 0 heterocycles. The van der Waals surface area contributed by atoms with Crippen molar-refractivity contribution in [1.29, 1.82) is 0 Å². The first-order valence-corrected chi connectivity index (χ1v) is 27.1. The Kier molecular flexibility index (Phi) is 7.59. The molecular weight excluding hydrogens is 673 g/mol. The van der Waals surface area contributed by atoms with E-state index in [-0.39, 0.29) is 0 Å². The fourth-order valence-electron chi connectivity index (χ4n) is 26.1. The van der Waals surface area contributed by atoms with E-state index in [1.54, 1.807) is 89.9 Å². The van der Waals surface area contributed by atoms with Gasteiger partial charge in [0, 0.05) is 0 Å². The van der Waals surface area contributed by atoms with Gasteiger partial charge in [-0.1, -0.05) is 65.8 Å². The van der Waals surface area contributed by atoms with Crippen LogP contribution in [-0.4, -0.2) is 0 Å². The van der Waals surface area contributed by atoms with Crippen molar-refractivity contribution in [2.75, 3.05) is 0 Å². The molecule has 0 aromatic rings. The molecule has 0 N–H and O–H groups in total. The normalized spacial score (nSPS) is 69.2. The topological polar surface area (TPSA) is 0 Å². The summed E-state index contributed by atoms with van der Waals surface area (Å²) in [6.07, 6.45) is 33.8. The SMILES string of the molecule is C1=CC2CC1C1CC3C4CC(C3C21)C1C2CC(C3C5CCC(C5)C23)C41.C1=CC2CC1C1CC3C4CC(C3C21)C1C2CC(C3C5CCC(C5)C23)C41.CC.CC.CC. The first-order valence-electron chi connectivity index (χ1n) is 27.1. The number of hydrogen-bond acceptors (Lipinski definition) is 0. The maximum absolute atomic E-state index is 2.67. The monoisotopic (exact) mass is 755 g/mol. The Bertz CT molecular complexity index is 1530. The smallest absolute Gasteiger partial charge is 0.0194 e. The van der Waals surface area contributed by atoms with Crippen molar-refractivity contribution in [3.63, 3.8) is 0 Å². The molecule has 0 radical (unpaired) electrons. The summed E-state index contributed by atoms with van der Waals surface area (Å²) in [4.78, 5) is 0. The third-order valence-electron chi connectivity index (χ3n) is 25.5. The summed E-state index contributed by atoms with van der Waals surface area (Å²) in [6, 6.07) is 0. The summed E-state index contributed by atoms with van der Waals surface area (Å²) in [5.74, 6) is 37.9. The van der Waals surface area contributed by atoms with Gasteiger partial charge in [0.2, 0.25) is 0 Å². The highest BCUT2D eigenvalue weighted by molar-refractivity contribution is 5.28. The number of rotatable bonds is 0. The molecule has 18 aliphatic rings. The van der Waals surface area contributed by atoms with Crippen molar-refractivity contribution in [3.8, 4) is 0 Å². The van der Waals surface area contributed by atoms with Gasteiger partial charge in [0.05, 0.1) is 0 Å². The Labute approximate surface area is 343 Å². The van der Waals surface area contributed by atoms with Crippen LogP contribution in [0, 0.1) is 189 Å². The minimum Gasteiger partial charge on any atom is -0.0848 e. The predicted octanol–water partition coefficient (Wildman–Crippen LogP) is 13.6. The average Bonchev–Trinajstić information content (AvgIpc) is 4.07. The van der Waals surface area contributed by atoms with Gasteiger partial charge in [-0.25, -0.2) is 0 Å². The van der Waals surface area contributed by atoms with Crippen LogP contribution in [0.25, 0.3) is 0 Å². The quantitative estimate of drug-likeness (QED) is 0.171. The lowest BCUT2D eigenvalue weighted by atomic mass is 9.56. The van der Waals surface area contributed by atoms with Gasteiger partial charge in [-0.3, -0.25) is 0 Å². The molecule has 32 atom stereocenters. The highest BCUT2D eigenvalue weighted by atomic mass is 14.8. The summed E-state index contributed by atoms with van der Waals surface area (Å²) in [6.45, 7) is 12.0. The van der Waals surface area contributed by atoms with Crippen molar-refractivity contribution < 1.29 is 0 Å². The molecule has 0 saturated heterocycles. The molecule has 16 bridgehead atoms. The average molecular weight is 755 g/mol. The lowest BCUT2D eigenvalue weighted by Crippen LogP contribution is -2.45. The van der Waals surface area contributed by atoms with Gasteiger partial charge in [-0.05, 0) is 279 Å². The van der Waals surface area contributed by atoms with Gasteiger partial charge >= 0.3 is 0 Å². The molecule has 0 aliphatic heterocycles. The van der Waals surface area contributed by atoms with E-state index in [4.69, 9.17) is 0 Å². The lowest BCUT2D eigenvalue weighted by molar-refractivity contribution is -0.0169. The minimum absolute atomic E-state index is 1.02. The summed E-state index contributed by atoms with van der Waals surface area (Å²) in [5.41, 5.74) is 0. The lowest BCUT2D eigenvalue weighted by Gasteiger charge is -2.49. The van der Waals surface area contributed by atoms with Crippen LogP contribution >= 0.6 is 0 Å². The van der Waals surface area contributed by atoms with Gasteiger partial charge in [-0.2, -0.15) is 0 Å². The van der Waals surface area contributed by atoms with E-state index in [0.29, 0.717) is 0 Å². The molecule has 32 unspecified atom stereocenters. The van der Waals surface area contributed by atoms with Crippen molar-refractivity contribution in [1.82, 2.24) is 0 Å². The van der Waals surface area contributed by atoms with Gasteiger partial charge in [0.15, 0.2) is 0 Å². The predicted molar refractivity (Wildman–Crippen MR) is 229 cm³/mol. The number of allylic oxidation sites excluding steroid dienone is 4. The largest absolute Gasteiger partial charge is 0.0848 e. The van der Waals surface area contributed by atoms with E-state index in [1.165, 1.54) is 142 Å². The second-order valence-electron chi connectivity index (χ2n) is 24.9. The molecule has 0 spiro atoms. The van der Waals surface area contributed by atoms with Crippen LogP contribution in [-0.2, 0) is 0 Å². The third-order valence-corrected chi connectivity index (χ3v) is 25.5. The van der Waals surface area contributed by atoms with E-state index in [2.05, 4.69) is 24.3 Å². The van der Waals surface area contributed by atoms with E-state index in [9.17, 15) is 0 Å². The molecule has 16 saturated carbocycles. The van der Waals surface area contributed by atoms with Crippen molar-refractivity contribution in [2.45, 2.75) is 131 Å². The van der Waals surface area contributed by atoms with E-state index >= 15 is 0 Å². The Morgan fingerprint density at radius 3 is 0.821 bits per heavy atom. The van der Waals surface area contributed by atoms with E-state index < -0.39 is 0 Å². The Morgan fingerprint density at radius 2 is 0.464 bits per heavy atom. The van der Waals surface area contributed by atoms with Crippen molar-refractivity contribution in [3.05, 3.63) is 24.3 Å². The second-order valence-corrected chi connectivity index (χ2v) is 24.9. The fraction of sp³-hybridized carbons (Fsp3) is 0.929. The van der Waals surface area contributed by atoms with Gasteiger partial charge < -0.3 is 0 Å². The van der Waals surface area contributed by atoms with Crippen molar-refractivity contribution >= 4 is 0 Å². The first kappa shape index (κ1) is 35.1. The highest BCUT2D eigenvalue weighted by Crippen LogP contribution is 2.83. The van der Waals surface area contributed by atoms with Crippen LogP contribution in [0.5, 0.6) is 0 Å². The van der Waals surface area contributed by atoms with Crippen molar-refractivity contribution in [2.24, 2.45) is 189 Å². The minimum atomic E-state index is 1.02. The van der Waals surface area contributed by atoms with Gasteiger partial charge in [-0.15, -0.1) is 0 Å². The van der Waals surface area contributed by atoms with E-state index in [1.807, 2.05) is 41.5 Å². The zero-order valence-electron chi connectivity index (χ0n) is 36.7. The molecule has 0 aromatic heterocycles. The maximum atomic E-state index is 2.67. The van der Waals surface area contributed by atoms with Gasteiger partial charge in [0.1, 0.15) is 0 Å². The maximum Gasteiger partial charge on any atom is -0.0194 e. The molecule has 18 aliphatic carbocycles. The van der Waals surface area contributed by atoms with Crippen LogP contribution in [0.15, 0.2) is 24.3 Å². The molecule has 16 fully saturated rings. The fourth-order valence-corrected chi connectivity index (χ4v) is 26.1. The van der Waals surface area contributed by atoms with Gasteiger partial charge in [0.25, 0.3) is 0 Å². The summed E-state index contributed by atoms with van der Waals surface area (Å²) in [7, 11) is 0. The van der Waals surface area contributed by atoms with Crippen LogP contribution in [0.1, 0.15) is 131 Å². The molecule has 0 amide bonds. The highest BCUT2D eigenvalue weighted by Gasteiger charge is 2.77. The Morgan fingerprint density at radius 1 is 0.214 bits per heavy atom. The Balaban J connectivity index is 0.000000100. The second kappa shape index (κ2) is 12.1. The molecule has 0 heteroatoms. The number of hydrogen-bond donors (Lipinski definition) is 0. The molecule has 0 aromatic carbocycles.